The van der Waals surface area contributed by atoms with Gasteiger partial charge >= 0.3 is 0 Å². The van der Waals surface area contributed by atoms with E-state index in [1.807, 2.05) is 0 Å². The molecule has 0 N–H and O–H groups in total. The van der Waals surface area contributed by atoms with Crippen LogP contribution in [-0.4, -0.2) is 4.57 Å². The third-order valence-electron chi connectivity index (χ3n) is 4.05. The molecule has 0 amide bonds. The van der Waals surface area contributed by atoms with Crippen LogP contribution in [0.15, 0.2) is 60.7 Å². The number of benzene rings is 2. The quantitative estimate of drug-likeness (QED) is 0.470. The lowest BCUT2D eigenvalue weighted by Crippen LogP contribution is -2.37. The molecule has 0 saturated carbocycles. The highest BCUT2D eigenvalue weighted by atomic mass is 15.2. The largest absolute Gasteiger partial charge is 0.342 e. The molecule has 23 heavy (non-hydrogen) atoms. The topological polar surface area (TPSA) is 8.81 Å². The predicted molar refractivity (Wildman–Crippen MR) is 95.1 cm³/mol. The Morgan fingerprint density at radius 1 is 0.783 bits per heavy atom. The average Bonchev–Trinajstić information content (AvgIpc) is 2.97. The standard InChI is InChI=1S/C21H24N2/c1-16(2)22-15-23(17(3)4)21(19-13-9-6-10-14-19)20(22)18-11-7-5-8-12-18/h5-14,16-17H,1-4H3. The first-order chi connectivity index (χ1) is 11.1. The monoisotopic (exact) mass is 304 g/mol. The second-order valence-electron chi connectivity index (χ2n) is 6.46. The normalized spacial score (nSPS) is 11.4. The Balaban J connectivity index is 2.35. The molecule has 0 fully saturated rings. The maximum Gasteiger partial charge on any atom is 0.205 e. The van der Waals surface area contributed by atoms with Gasteiger partial charge in [0, 0.05) is 11.4 Å². The minimum Gasteiger partial charge on any atom is -0.342 e. The van der Waals surface area contributed by atoms with Crippen molar-refractivity contribution in [2.75, 3.05) is 0 Å². The smallest absolute Gasteiger partial charge is 0.205 e. The number of aromatic nitrogens is 2. The van der Waals surface area contributed by atoms with Crippen LogP contribution in [-0.2, 0) is 0 Å². The van der Waals surface area contributed by atoms with Crippen LogP contribution in [0, 0.1) is 6.33 Å². The van der Waals surface area contributed by atoms with Crippen molar-refractivity contribution in [1.29, 1.82) is 0 Å². The van der Waals surface area contributed by atoms with E-state index in [2.05, 4.69) is 104 Å². The molecule has 0 atom stereocenters. The Kier molecular flexibility index (Phi) is 4.33. The van der Waals surface area contributed by atoms with Crippen LogP contribution in [0.3, 0.4) is 0 Å². The molecule has 1 heterocycles. The van der Waals surface area contributed by atoms with Crippen LogP contribution in [0.25, 0.3) is 22.5 Å². The van der Waals surface area contributed by atoms with Crippen molar-refractivity contribution >= 4 is 0 Å². The molecule has 0 bridgehead atoms. The summed E-state index contributed by atoms with van der Waals surface area (Å²) in [4.78, 5) is 0. The third-order valence-corrected chi connectivity index (χ3v) is 4.05. The SMILES string of the molecule is CC(C)n1[c-][n+](C(C)C)c(-c2ccccc2)c1-c1ccccc1. The number of imidazole rings is 1. The van der Waals surface area contributed by atoms with Crippen molar-refractivity contribution in [3.05, 3.63) is 67.0 Å². The van der Waals surface area contributed by atoms with Gasteiger partial charge in [-0.1, -0.05) is 60.7 Å². The fourth-order valence-corrected chi connectivity index (χ4v) is 2.94. The van der Waals surface area contributed by atoms with Gasteiger partial charge in [0.05, 0.1) is 12.1 Å². The zero-order valence-corrected chi connectivity index (χ0v) is 14.3. The van der Waals surface area contributed by atoms with Gasteiger partial charge in [0.15, 0.2) is 0 Å². The molecule has 0 aliphatic carbocycles. The molecule has 0 spiro atoms. The van der Waals surface area contributed by atoms with Gasteiger partial charge in [-0.2, -0.15) is 0 Å². The zero-order valence-electron chi connectivity index (χ0n) is 14.3. The van der Waals surface area contributed by atoms with Gasteiger partial charge in [0.2, 0.25) is 6.33 Å². The first kappa shape index (κ1) is 15.5. The first-order valence-electron chi connectivity index (χ1n) is 8.29. The Bertz CT molecular complexity index is 702. The van der Waals surface area contributed by atoms with Gasteiger partial charge in [0.1, 0.15) is 0 Å². The molecule has 2 nitrogen and oxygen atoms in total. The van der Waals surface area contributed by atoms with E-state index in [0.29, 0.717) is 12.1 Å². The lowest BCUT2D eigenvalue weighted by molar-refractivity contribution is -0.709. The van der Waals surface area contributed by atoms with Gasteiger partial charge < -0.3 is 9.13 Å². The average molecular weight is 304 g/mol. The fraction of sp³-hybridized carbons (Fsp3) is 0.286. The summed E-state index contributed by atoms with van der Waals surface area (Å²) < 4.78 is 4.52. The van der Waals surface area contributed by atoms with Crippen molar-refractivity contribution in [2.24, 2.45) is 0 Å². The van der Waals surface area contributed by atoms with Crippen LogP contribution in [0.2, 0.25) is 0 Å². The summed E-state index contributed by atoms with van der Waals surface area (Å²) in [5.41, 5.74) is 4.94. The summed E-state index contributed by atoms with van der Waals surface area (Å²) >= 11 is 0. The lowest BCUT2D eigenvalue weighted by Gasteiger charge is -2.17. The Morgan fingerprint density at radius 2 is 1.30 bits per heavy atom. The van der Waals surface area contributed by atoms with E-state index < -0.39 is 0 Å². The molecular weight excluding hydrogens is 280 g/mol. The number of nitrogens with zero attached hydrogens (tertiary/aromatic N) is 2. The van der Waals surface area contributed by atoms with Crippen molar-refractivity contribution < 1.29 is 4.57 Å². The summed E-state index contributed by atoms with van der Waals surface area (Å²) in [5.74, 6) is 0. The van der Waals surface area contributed by atoms with Crippen LogP contribution in [0.4, 0.5) is 0 Å². The van der Waals surface area contributed by atoms with Crippen molar-refractivity contribution in [1.82, 2.24) is 4.57 Å². The minimum atomic E-state index is 0.354. The summed E-state index contributed by atoms with van der Waals surface area (Å²) in [6.45, 7) is 8.84. The van der Waals surface area contributed by atoms with Crippen molar-refractivity contribution in [2.45, 2.75) is 39.8 Å². The van der Waals surface area contributed by atoms with Gasteiger partial charge in [-0.3, -0.25) is 0 Å². The van der Waals surface area contributed by atoms with Gasteiger partial charge in [-0.05, 0) is 38.8 Å². The summed E-state index contributed by atoms with van der Waals surface area (Å²) in [7, 11) is 0. The van der Waals surface area contributed by atoms with E-state index in [9.17, 15) is 0 Å². The maximum atomic E-state index is 3.58. The fourth-order valence-electron chi connectivity index (χ4n) is 2.94. The second-order valence-corrected chi connectivity index (χ2v) is 6.46. The summed E-state index contributed by atoms with van der Waals surface area (Å²) in [5, 5.41) is 0. The Labute approximate surface area is 139 Å². The van der Waals surface area contributed by atoms with E-state index in [0.717, 1.165) is 0 Å². The summed E-state index contributed by atoms with van der Waals surface area (Å²) in [6.07, 6.45) is 3.58. The van der Waals surface area contributed by atoms with Crippen LogP contribution in [0.1, 0.15) is 39.8 Å². The molecule has 0 radical (unpaired) electrons. The van der Waals surface area contributed by atoms with E-state index in [1.54, 1.807) is 0 Å². The molecule has 0 unspecified atom stereocenters. The molecular formula is C21H24N2. The molecule has 0 saturated heterocycles. The van der Waals surface area contributed by atoms with Crippen molar-refractivity contribution in [3.8, 4) is 22.5 Å². The van der Waals surface area contributed by atoms with Crippen molar-refractivity contribution in [3.63, 3.8) is 0 Å². The Hall–Kier alpha value is -2.35. The van der Waals surface area contributed by atoms with E-state index >= 15 is 0 Å². The second kappa shape index (κ2) is 6.41. The lowest BCUT2D eigenvalue weighted by atomic mass is 10.0. The minimum absolute atomic E-state index is 0.354. The highest BCUT2D eigenvalue weighted by molar-refractivity contribution is 5.76. The molecule has 3 rings (SSSR count). The highest BCUT2D eigenvalue weighted by Gasteiger charge is 2.19. The number of hydrogen-bond acceptors (Lipinski definition) is 0. The molecule has 2 heteroatoms. The number of hydrogen-bond donors (Lipinski definition) is 0. The maximum absolute atomic E-state index is 3.58. The molecule has 118 valence electrons. The first-order valence-corrected chi connectivity index (χ1v) is 8.29. The van der Waals surface area contributed by atoms with Gasteiger partial charge in [-0.25, -0.2) is 0 Å². The molecule has 0 aliphatic heterocycles. The third kappa shape index (κ3) is 2.94. The Morgan fingerprint density at radius 3 is 1.78 bits per heavy atom. The van der Waals surface area contributed by atoms with E-state index in [4.69, 9.17) is 0 Å². The van der Waals surface area contributed by atoms with Gasteiger partial charge in [0.25, 0.3) is 0 Å². The van der Waals surface area contributed by atoms with E-state index in [1.165, 1.54) is 22.5 Å². The predicted octanol–water partition coefficient (Wildman–Crippen LogP) is 5.07. The van der Waals surface area contributed by atoms with E-state index in [-0.39, 0.29) is 0 Å². The van der Waals surface area contributed by atoms with Crippen LogP contribution >= 0.6 is 0 Å². The van der Waals surface area contributed by atoms with Crippen LogP contribution < -0.4 is 4.57 Å². The highest BCUT2D eigenvalue weighted by Crippen LogP contribution is 2.32. The molecule has 0 aliphatic rings. The number of rotatable bonds is 4. The molecule has 1 aromatic heterocycles. The molecule has 2 aromatic carbocycles. The zero-order chi connectivity index (χ0) is 16.4. The molecule has 3 aromatic rings. The van der Waals surface area contributed by atoms with Gasteiger partial charge in [-0.15, -0.1) is 0 Å². The van der Waals surface area contributed by atoms with Crippen LogP contribution in [0.5, 0.6) is 0 Å². The summed E-state index contributed by atoms with van der Waals surface area (Å²) in [6, 6.07) is 22.0.